The minimum atomic E-state index is -4.04. The van der Waals surface area contributed by atoms with Crippen LogP contribution in [0.3, 0.4) is 0 Å². The Morgan fingerprint density at radius 3 is 2.40 bits per heavy atom. The average Bonchev–Trinajstić information content (AvgIpc) is 3.08. The van der Waals surface area contributed by atoms with E-state index in [1.54, 1.807) is 15.4 Å². The Labute approximate surface area is 281 Å². The van der Waals surface area contributed by atoms with Crippen molar-refractivity contribution >= 4 is 10.0 Å². The molecule has 11 nitrogen and oxygen atoms in total. The first-order valence-electron chi connectivity index (χ1n) is 17.3. The second-order valence-electron chi connectivity index (χ2n) is 13.4. The third-order valence-corrected chi connectivity index (χ3v) is 12.2. The number of hydrazine groups is 1. The molecule has 5 aliphatic rings. The Hall–Kier alpha value is -3.03. The van der Waals surface area contributed by atoms with Crippen LogP contribution in [0.5, 0.6) is 0 Å². The highest BCUT2D eigenvalue weighted by atomic mass is 32.2. The molecule has 0 aromatic carbocycles. The lowest BCUT2D eigenvalue weighted by Crippen LogP contribution is -2.49. The molecule has 2 aliphatic heterocycles. The summed E-state index contributed by atoms with van der Waals surface area (Å²) in [6.45, 7) is 9.57. The summed E-state index contributed by atoms with van der Waals surface area (Å²) in [7, 11) is -1.87. The standard InChI is InChI=1S/C35H53N7O4S/c1-29(31-13-15-32(16-14-31)39-25-23-37(2)24-26-39)27-40(36)19-8-20-41(47(45,46)35-12-7-6-11-34(35)42(43)44)33-17-21-38(22-18-33)28-30-9-4-3-5-10-30/h4,6,9-11,13,15,27,33H,3,5,7-8,12,14,16-26,28,36H2,1-2H3/b29-27+. The van der Waals surface area contributed by atoms with Gasteiger partial charge in [0.25, 0.3) is 5.70 Å². The largest absolute Gasteiger partial charge is 0.372 e. The molecule has 0 bridgehead atoms. The van der Waals surface area contributed by atoms with Gasteiger partial charge in [-0.25, -0.2) is 14.3 Å². The number of rotatable bonds is 13. The summed E-state index contributed by atoms with van der Waals surface area (Å²) in [5.74, 6) is 6.43. The molecule has 0 aromatic heterocycles. The highest BCUT2D eigenvalue weighted by Crippen LogP contribution is 2.32. The second kappa shape index (κ2) is 16.4. The van der Waals surface area contributed by atoms with Crippen LogP contribution in [0.25, 0.3) is 0 Å². The fourth-order valence-corrected chi connectivity index (χ4v) is 9.26. The summed E-state index contributed by atoms with van der Waals surface area (Å²) in [5.41, 5.74) is 4.78. The summed E-state index contributed by atoms with van der Waals surface area (Å²) in [4.78, 5) is 18.4. The van der Waals surface area contributed by atoms with E-state index in [0.29, 0.717) is 32.2 Å². The zero-order valence-electron chi connectivity index (χ0n) is 28.2. The van der Waals surface area contributed by atoms with Gasteiger partial charge in [0, 0.05) is 82.9 Å². The molecule has 2 N–H and O–H groups in total. The lowest BCUT2D eigenvalue weighted by atomic mass is 9.96. The van der Waals surface area contributed by atoms with Crippen LogP contribution in [0.15, 0.2) is 81.8 Å². The minimum Gasteiger partial charge on any atom is -0.372 e. The quantitative estimate of drug-likeness (QED) is 0.172. The molecule has 47 heavy (non-hydrogen) atoms. The zero-order chi connectivity index (χ0) is 33.4. The molecule has 0 unspecified atom stereocenters. The van der Waals surface area contributed by atoms with E-state index in [-0.39, 0.29) is 29.6 Å². The van der Waals surface area contributed by atoms with E-state index in [2.05, 4.69) is 59.1 Å². The first-order valence-corrected chi connectivity index (χ1v) is 18.7. The molecule has 5 rings (SSSR count). The van der Waals surface area contributed by atoms with Crippen molar-refractivity contribution in [2.75, 3.05) is 66.0 Å². The maximum atomic E-state index is 14.1. The molecule has 0 atom stereocenters. The first kappa shape index (κ1) is 35.3. The summed E-state index contributed by atoms with van der Waals surface area (Å²) >= 11 is 0. The fourth-order valence-electron chi connectivity index (χ4n) is 7.22. The topological polar surface area (TPSA) is 120 Å². The van der Waals surface area contributed by atoms with E-state index in [1.165, 1.54) is 22.9 Å². The molecule has 0 spiro atoms. The van der Waals surface area contributed by atoms with Crippen LogP contribution in [0.4, 0.5) is 0 Å². The van der Waals surface area contributed by atoms with Crippen LogP contribution in [-0.2, 0) is 10.0 Å². The number of nitro groups is 1. The zero-order valence-corrected chi connectivity index (χ0v) is 29.0. The van der Waals surface area contributed by atoms with Gasteiger partial charge in [-0.2, -0.15) is 4.31 Å². The smallest absolute Gasteiger partial charge is 0.284 e. The van der Waals surface area contributed by atoms with E-state index in [0.717, 1.165) is 77.1 Å². The monoisotopic (exact) mass is 667 g/mol. The predicted molar refractivity (Wildman–Crippen MR) is 188 cm³/mol. The van der Waals surface area contributed by atoms with Crippen molar-refractivity contribution in [2.24, 2.45) is 5.84 Å². The maximum absolute atomic E-state index is 14.1. The number of likely N-dealkylation sites (tertiary alicyclic amines) is 1. The van der Waals surface area contributed by atoms with Gasteiger partial charge in [0.05, 0.1) is 4.92 Å². The fraction of sp³-hybridized carbons (Fsp3) is 0.600. The number of piperidine rings is 1. The van der Waals surface area contributed by atoms with E-state index in [9.17, 15) is 18.5 Å². The Bertz CT molecular complexity index is 1460. The lowest BCUT2D eigenvalue weighted by Gasteiger charge is -2.38. The highest BCUT2D eigenvalue weighted by molar-refractivity contribution is 7.93. The van der Waals surface area contributed by atoms with Gasteiger partial charge in [-0.05, 0) is 94.6 Å². The molecule has 0 saturated carbocycles. The molecule has 3 aliphatic carbocycles. The summed E-state index contributed by atoms with van der Waals surface area (Å²) in [6, 6.07) is -0.212. The van der Waals surface area contributed by atoms with Crippen molar-refractivity contribution in [3.63, 3.8) is 0 Å². The van der Waals surface area contributed by atoms with Gasteiger partial charge in [-0.15, -0.1) is 0 Å². The van der Waals surface area contributed by atoms with Crippen LogP contribution in [0.2, 0.25) is 0 Å². The van der Waals surface area contributed by atoms with Crippen LogP contribution in [0.1, 0.15) is 64.7 Å². The van der Waals surface area contributed by atoms with Gasteiger partial charge in [0.2, 0.25) is 10.0 Å². The third-order valence-electron chi connectivity index (χ3n) is 10.1. The normalized spacial score (nSPS) is 22.4. The Morgan fingerprint density at radius 2 is 1.74 bits per heavy atom. The Kier molecular flexibility index (Phi) is 12.3. The molecule has 258 valence electrons. The van der Waals surface area contributed by atoms with E-state index in [1.807, 2.05) is 6.20 Å². The average molecular weight is 668 g/mol. The van der Waals surface area contributed by atoms with Gasteiger partial charge >= 0.3 is 0 Å². The molecule has 0 radical (unpaired) electrons. The van der Waals surface area contributed by atoms with Gasteiger partial charge in [-0.1, -0.05) is 30.4 Å². The number of sulfonamides is 1. The number of hydrogen-bond donors (Lipinski definition) is 1. The number of allylic oxidation sites excluding steroid dienone is 10. The summed E-state index contributed by atoms with van der Waals surface area (Å²) < 4.78 is 29.8. The molecule has 0 aromatic rings. The number of nitrogens with two attached hydrogens (primary N) is 1. The number of nitrogens with zero attached hydrogens (tertiary/aromatic N) is 6. The van der Waals surface area contributed by atoms with Crippen LogP contribution < -0.4 is 5.84 Å². The number of likely N-dealkylation sites (N-methyl/N-ethyl adjacent to an activating group) is 1. The van der Waals surface area contributed by atoms with Crippen molar-refractivity contribution in [1.82, 2.24) is 24.0 Å². The van der Waals surface area contributed by atoms with Crippen molar-refractivity contribution in [3.8, 4) is 0 Å². The van der Waals surface area contributed by atoms with Gasteiger partial charge in [0.15, 0.2) is 0 Å². The maximum Gasteiger partial charge on any atom is 0.284 e. The molecular formula is C35H53N7O4S. The Morgan fingerprint density at radius 1 is 1.00 bits per heavy atom. The van der Waals surface area contributed by atoms with Crippen LogP contribution >= 0.6 is 0 Å². The van der Waals surface area contributed by atoms with Crippen molar-refractivity contribution in [2.45, 2.75) is 70.8 Å². The van der Waals surface area contributed by atoms with E-state index < -0.39 is 14.9 Å². The van der Waals surface area contributed by atoms with Crippen molar-refractivity contribution in [3.05, 3.63) is 91.9 Å². The van der Waals surface area contributed by atoms with E-state index >= 15 is 0 Å². The van der Waals surface area contributed by atoms with Gasteiger partial charge in [-0.3, -0.25) is 15.0 Å². The van der Waals surface area contributed by atoms with Crippen molar-refractivity contribution < 1.29 is 13.3 Å². The van der Waals surface area contributed by atoms with Crippen LogP contribution in [0, 0.1) is 10.1 Å². The van der Waals surface area contributed by atoms with Gasteiger partial charge in [0.1, 0.15) is 4.91 Å². The molecule has 2 saturated heterocycles. The highest BCUT2D eigenvalue weighted by Gasteiger charge is 2.39. The van der Waals surface area contributed by atoms with Crippen LogP contribution in [-0.4, -0.2) is 109 Å². The van der Waals surface area contributed by atoms with E-state index in [4.69, 9.17) is 5.84 Å². The number of piperazine rings is 1. The Balaban J connectivity index is 1.23. The number of hydrogen-bond acceptors (Lipinski definition) is 9. The first-order chi connectivity index (χ1) is 22.6. The molecule has 2 fully saturated rings. The molecule has 12 heteroatoms. The van der Waals surface area contributed by atoms with Crippen molar-refractivity contribution in [1.29, 1.82) is 0 Å². The molecule has 2 heterocycles. The summed E-state index contributed by atoms with van der Waals surface area (Å²) in [5, 5.41) is 13.5. The SMILES string of the molecule is C/C(=C\N(N)CCCN(C1CCN(CC2=CCCC=C2)CC1)S(=O)(=O)C1=C([N+](=O)[O-])C=CCC1)C1=CC=C(N2CCN(C)CC2)CC1. The minimum absolute atomic E-state index is 0.0708. The molecular weight excluding hydrogens is 614 g/mol. The summed E-state index contributed by atoms with van der Waals surface area (Å²) in [6.07, 6.45) is 22.8. The van der Waals surface area contributed by atoms with Gasteiger partial charge < -0.3 is 14.8 Å². The molecule has 0 amide bonds. The second-order valence-corrected chi connectivity index (χ2v) is 15.3. The predicted octanol–water partition coefficient (Wildman–Crippen LogP) is 4.52. The third kappa shape index (κ3) is 9.32. The lowest BCUT2D eigenvalue weighted by molar-refractivity contribution is -0.420.